The van der Waals surface area contributed by atoms with Crippen LogP contribution in [-0.4, -0.2) is 57.4 Å². The molecule has 2 aliphatic rings. The van der Waals surface area contributed by atoms with Gasteiger partial charge < -0.3 is 9.64 Å². The molecule has 144 valence electrons. The highest BCUT2D eigenvalue weighted by molar-refractivity contribution is 8.26. The van der Waals surface area contributed by atoms with Crippen molar-refractivity contribution < 1.29 is 9.53 Å². The van der Waals surface area contributed by atoms with E-state index < -0.39 is 0 Å². The van der Waals surface area contributed by atoms with Gasteiger partial charge in [0.1, 0.15) is 15.8 Å². The lowest BCUT2D eigenvalue weighted by Gasteiger charge is -2.29. The van der Waals surface area contributed by atoms with Crippen molar-refractivity contribution in [2.24, 2.45) is 0 Å². The Morgan fingerprint density at radius 3 is 2.82 bits per heavy atom. The molecule has 2 fully saturated rings. The summed E-state index contributed by atoms with van der Waals surface area (Å²) in [5.74, 6) is 0.342. The number of ether oxygens (including phenoxy) is 1. The molecule has 9 heteroatoms. The van der Waals surface area contributed by atoms with E-state index in [0.717, 1.165) is 0 Å². The van der Waals surface area contributed by atoms with Crippen LogP contribution in [0, 0.1) is 0 Å². The number of morpholine rings is 1. The Bertz CT molecular complexity index is 1060. The zero-order chi connectivity index (χ0) is 19.7. The molecule has 28 heavy (non-hydrogen) atoms. The first-order chi connectivity index (χ1) is 13.6. The van der Waals surface area contributed by atoms with E-state index in [1.807, 2.05) is 11.0 Å². The highest BCUT2D eigenvalue weighted by atomic mass is 32.2. The maximum absolute atomic E-state index is 13.2. The number of anilines is 1. The number of hydrogen-bond donors (Lipinski definition) is 0. The molecule has 0 spiro atoms. The summed E-state index contributed by atoms with van der Waals surface area (Å²) in [6.45, 7) is 6.40. The summed E-state index contributed by atoms with van der Waals surface area (Å²) >= 11 is 6.49. The monoisotopic (exact) mass is 414 g/mol. The number of thiocarbonyl (C=S) groups is 1. The molecule has 0 radical (unpaired) electrons. The van der Waals surface area contributed by atoms with Crippen LogP contribution in [0.15, 0.2) is 46.8 Å². The Morgan fingerprint density at radius 1 is 1.29 bits per heavy atom. The molecule has 1 amide bonds. The van der Waals surface area contributed by atoms with Crippen LogP contribution in [0.25, 0.3) is 11.7 Å². The van der Waals surface area contributed by atoms with E-state index in [0.29, 0.717) is 59.1 Å². The molecular weight excluding hydrogens is 396 g/mol. The summed E-state index contributed by atoms with van der Waals surface area (Å²) in [5, 5.41) is 0. The topological polar surface area (TPSA) is 67.2 Å². The smallest absolute Gasteiger partial charge is 0.267 e. The normalized spacial score (nSPS) is 19.1. The number of carbonyl (C=O) groups is 1. The number of aromatic nitrogens is 2. The summed E-state index contributed by atoms with van der Waals surface area (Å²) in [6, 6.07) is 5.40. The van der Waals surface area contributed by atoms with Gasteiger partial charge in [-0.1, -0.05) is 36.1 Å². The minimum atomic E-state index is -0.222. The number of fused-ring (bicyclic) bond motifs is 1. The highest BCUT2D eigenvalue weighted by Gasteiger charge is 2.32. The fourth-order valence-electron chi connectivity index (χ4n) is 3.15. The summed E-state index contributed by atoms with van der Waals surface area (Å²) in [7, 11) is 0. The van der Waals surface area contributed by atoms with Gasteiger partial charge >= 0.3 is 0 Å². The van der Waals surface area contributed by atoms with Crippen molar-refractivity contribution in [2.75, 3.05) is 37.7 Å². The number of hydrogen-bond acceptors (Lipinski definition) is 7. The summed E-state index contributed by atoms with van der Waals surface area (Å²) < 4.78 is 7.37. The second kappa shape index (κ2) is 7.86. The second-order valence-corrected chi connectivity index (χ2v) is 7.94. The van der Waals surface area contributed by atoms with Crippen molar-refractivity contribution in [1.82, 2.24) is 14.3 Å². The predicted octanol–water partition coefficient (Wildman–Crippen LogP) is 1.92. The summed E-state index contributed by atoms with van der Waals surface area (Å²) in [4.78, 5) is 34.5. The van der Waals surface area contributed by atoms with Gasteiger partial charge in [-0.2, -0.15) is 0 Å². The van der Waals surface area contributed by atoms with Crippen molar-refractivity contribution in [2.45, 2.75) is 0 Å². The average molecular weight is 415 g/mol. The minimum absolute atomic E-state index is 0.221. The van der Waals surface area contributed by atoms with Crippen LogP contribution in [0.2, 0.25) is 0 Å². The summed E-state index contributed by atoms with van der Waals surface area (Å²) in [6.07, 6.45) is 4.91. The molecule has 0 bridgehead atoms. The molecule has 0 aromatic carbocycles. The molecule has 2 saturated heterocycles. The van der Waals surface area contributed by atoms with Crippen molar-refractivity contribution in [3.8, 4) is 0 Å². The predicted molar refractivity (Wildman–Crippen MR) is 115 cm³/mol. The van der Waals surface area contributed by atoms with Gasteiger partial charge in [0.25, 0.3) is 11.5 Å². The quantitative estimate of drug-likeness (QED) is 0.430. The number of thioether (sulfide) groups is 1. The van der Waals surface area contributed by atoms with Gasteiger partial charge in [0, 0.05) is 25.8 Å². The number of carbonyl (C=O) groups excluding carboxylic acids is 1. The van der Waals surface area contributed by atoms with Gasteiger partial charge in [-0.15, -0.1) is 6.58 Å². The van der Waals surface area contributed by atoms with Crippen LogP contribution >= 0.6 is 24.0 Å². The van der Waals surface area contributed by atoms with Crippen molar-refractivity contribution in [3.05, 3.63) is 57.9 Å². The van der Waals surface area contributed by atoms with Crippen LogP contribution in [-0.2, 0) is 9.53 Å². The van der Waals surface area contributed by atoms with Gasteiger partial charge in [-0.25, -0.2) is 4.98 Å². The number of amides is 1. The lowest BCUT2D eigenvalue weighted by molar-refractivity contribution is -0.121. The fraction of sp³-hybridized carbons (Fsp3) is 0.263. The molecule has 2 aromatic heterocycles. The van der Waals surface area contributed by atoms with Gasteiger partial charge in [-0.05, 0) is 18.2 Å². The molecule has 2 aromatic rings. The van der Waals surface area contributed by atoms with E-state index in [9.17, 15) is 9.59 Å². The lowest BCUT2D eigenvalue weighted by Crippen LogP contribution is -2.38. The Labute approximate surface area is 171 Å². The van der Waals surface area contributed by atoms with Gasteiger partial charge in [0.05, 0.1) is 23.7 Å². The molecule has 0 aliphatic carbocycles. The highest BCUT2D eigenvalue weighted by Crippen LogP contribution is 2.33. The van der Waals surface area contributed by atoms with Crippen LogP contribution in [0.5, 0.6) is 0 Å². The molecule has 0 atom stereocenters. The van der Waals surface area contributed by atoms with E-state index >= 15 is 0 Å². The van der Waals surface area contributed by atoms with E-state index in [-0.39, 0.29) is 11.5 Å². The SMILES string of the molecule is C=CCN1C(=O)C(=Cc2c(N3CCOCC3)nc3ccccn3c2=O)SC1=S. The number of nitrogens with zero attached hydrogens (tertiary/aromatic N) is 4. The Hall–Kier alpha value is -2.49. The molecule has 0 saturated carbocycles. The molecular formula is C19H18N4O3S2. The second-order valence-electron chi connectivity index (χ2n) is 6.26. The van der Waals surface area contributed by atoms with Crippen molar-refractivity contribution in [3.63, 3.8) is 0 Å². The van der Waals surface area contributed by atoms with Crippen molar-refractivity contribution >= 4 is 51.7 Å². The molecule has 4 heterocycles. The minimum Gasteiger partial charge on any atom is -0.378 e. The molecule has 0 N–H and O–H groups in total. The lowest BCUT2D eigenvalue weighted by atomic mass is 10.2. The number of pyridine rings is 1. The standard InChI is InChI=1S/C19H18N4O3S2/c1-2-6-23-18(25)14(28-19(23)27)12-13-16(21-8-10-26-11-9-21)20-15-5-3-4-7-22(15)17(13)24/h2-5,7,12H,1,6,8-11H2. The van der Waals surface area contributed by atoms with E-state index in [2.05, 4.69) is 6.58 Å². The van der Waals surface area contributed by atoms with Gasteiger partial charge in [-0.3, -0.25) is 18.9 Å². The maximum Gasteiger partial charge on any atom is 0.267 e. The van der Waals surface area contributed by atoms with E-state index in [1.54, 1.807) is 30.5 Å². The third-order valence-corrected chi connectivity index (χ3v) is 5.90. The third kappa shape index (κ3) is 3.36. The van der Waals surface area contributed by atoms with Gasteiger partial charge in [0.15, 0.2) is 0 Å². The maximum atomic E-state index is 13.2. The zero-order valence-electron chi connectivity index (χ0n) is 15.0. The van der Waals surface area contributed by atoms with Gasteiger partial charge in [0.2, 0.25) is 0 Å². The van der Waals surface area contributed by atoms with Crippen molar-refractivity contribution in [1.29, 1.82) is 0 Å². The zero-order valence-corrected chi connectivity index (χ0v) is 16.7. The van der Waals surface area contributed by atoms with Crippen LogP contribution in [0.4, 0.5) is 5.82 Å². The Morgan fingerprint density at radius 2 is 2.07 bits per heavy atom. The van der Waals surface area contributed by atoms with E-state index in [4.69, 9.17) is 21.9 Å². The molecule has 4 rings (SSSR count). The molecule has 0 unspecified atom stereocenters. The molecule has 7 nitrogen and oxygen atoms in total. The van der Waals surface area contributed by atoms with E-state index in [1.165, 1.54) is 21.1 Å². The number of rotatable bonds is 4. The first-order valence-electron chi connectivity index (χ1n) is 8.80. The van der Waals surface area contributed by atoms with Crippen LogP contribution in [0.1, 0.15) is 5.56 Å². The fourth-order valence-corrected chi connectivity index (χ4v) is 4.41. The largest absolute Gasteiger partial charge is 0.378 e. The summed E-state index contributed by atoms with van der Waals surface area (Å²) in [5.41, 5.74) is 0.719. The Balaban J connectivity index is 1.86. The Kier molecular flexibility index (Phi) is 5.29. The third-order valence-electron chi connectivity index (χ3n) is 4.52. The first kappa shape index (κ1) is 18.9. The van der Waals surface area contributed by atoms with Crippen LogP contribution < -0.4 is 10.5 Å². The van der Waals surface area contributed by atoms with Crippen LogP contribution in [0.3, 0.4) is 0 Å². The first-order valence-corrected chi connectivity index (χ1v) is 10.0. The molecule has 2 aliphatic heterocycles. The average Bonchev–Trinajstić information content (AvgIpc) is 2.98.